The lowest BCUT2D eigenvalue weighted by Gasteiger charge is -2.63. The van der Waals surface area contributed by atoms with Crippen molar-refractivity contribution in [3.8, 4) is 0 Å². The Balaban J connectivity index is 1.89. The zero-order valence-electron chi connectivity index (χ0n) is 20.7. The van der Waals surface area contributed by atoms with Crippen molar-refractivity contribution in [1.82, 2.24) is 0 Å². The molecule has 5 atom stereocenters. The number of rotatable bonds is 10. The molecule has 0 N–H and O–H groups in total. The topological polar surface area (TPSA) is 63.2 Å². The summed E-state index contributed by atoms with van der Waals surface area (Å²) in [6, 6.07) is 10.1. The number of hydrogen-bond acceptors (Lipinski definition) is 6. The third-order valence-corrected chi connectivity index (χ3v) is 12.3. The number of carbonyl (C=O) groups excluding carboxylic acids is 1. The van der Waals surface area contributed by atoms with Crippen LogP contribution in [-0.4, -0.2) is 59.5 Å². The molecule has 1 aromatic carbocycles. The number of hydrogen-bond donors (Lipinski definition) is 0. The minimum Gasteiger partial charge on any atom is -0.413 e. The van der Waals surface area contributed by atoms with Gasteiger partial charge in [0, 0.05) is 18.9 Å². The van der Waals surface area contributed by atoms with E-state index < -0.39 is 25.3 Å². The molecule has 1 aliphatic carbocycles. The molecule has 1 saturated heterocycles. The van der Waals surface area contributed by atoms with Crippen molar-refractivity contribution in [3.05, 3.63) is 35.9 Å². The Kier molecular flexibility index (Phi) is 7.69. The first-order chi connectivity index (χ1) is 15.0. The molecular formula is C25H40O6Si. The van der Waals surface area contributed by atoms with E-state index in [0.717, 1.165) is 11.8 Å². The lowest BCUT2D eigenvalue weighted by molar-refractivity contribution is -0.342. The fraction of sp³-hybridized carbons (Fsp3) is 0.720. The van der Waals surface area contributed by atoms with Crippen LogP contribution in [0.15, 0.2) is 30.3 Å². The molecule has 1 saturated carbocycles. The van der Waals surface area contributed by atoms with E-state index in [1.807, 2.05) is 30.3 Å². The molecule has 180 valence electrons. The second-order valence-electron chi connectivity index (χ2n) is 11.0. The molecule has 0 bridgehead atoms. The van der Waals surface area contributed by atoms with E-state index >= 15 is 0 Å². The molecule has 1 aromatic rings. The Morgan fingerprint density at radius 1 is 1.22 bits per heavy atom. The maximum atomic E-state index is 12.6. The molecule has 32 heavy (non-hydrogen) atoms. The number of carbonyl (C=O) groups is 1. The maximum Gasteiger partial charge on any atom is 0.192 e. The van der Waals surface area contributed by atoms with Crippen LogP contribution in [0.2, 0.25) is 18.1 Å². The molecule has 7 heteroatoms. The largest absolute Gasteiger partial charge is 0.413 e. The molecule has 3 rings (SSSR count). The van der Waals surface area contributed by atoms with Crippen LogP contribution < -0.4 is 0 Å². The average Bonchev–Trinajstić information content (AvgIpc) is 2.72. The second-order valence-corrected chi connectivity index (χ2v) is 15.8. The van der Waals surface area contributed by atoms with Gasteiger partial charge in [-0.25, -0.2) is 0 Å². The zero-order valence-corrected chi connectivity index (χ0v) is 21.7. The van der Waals surface area contributed by atoms with Crippen LogP contribution in [0, 0.1) is 11.3 Å². The molecule has 0 unspecified atom stereocenters. The Bertz CT molecular complexity index is 763. The smallest absolute Gasteiger partial charge is 0.192 e. The van der Waals surface area contributed by atoms with Crippen LogP contribution in [0.1, 0.15) is 39.7 Å². The monoisotopic (exact) mass is 464 g/mol. The van der Waals surface area contributed by atoms with Crippen molar-refractivity contribution >= 4 is 14.6 Å². The van der Waals surface area contributed by atoms with E-state index in [4.69, 9.17) is 23.4 Å². The van der Waals surface area contributed by atoms with Crippen molar-refractivity contribution in [3.63, 3.8) is 0 Å². The van der Waals surface area contributed by atoms with Crippen LogP contribution >= 0.6 is 0 Å². The molecule has 0 amide bonds. The third-order valence-electron chi connectivity index (χ3n) is 7.81. The van der Waals surface area contributed by atoms with E-state index in [1.165, 1.54) is 0 Å². The number of benzene rings is 1. The van der Waals surface area contributed by atoms with Gasteiger partial charge < -0.3 is 28.2 Å². The van der Waals surface area contributed by atoms with Crippen molar-refractivity contribution in [2.24, 2.45) is 11.3 Å². The predicted octanol–water partition coefficient (Wildman–Crippen LogP) is 4.58. The highest BCUT2D eigenvalue weighted by molar-refractivity contribution is 6.74. The van der Waals surface area contributed by atoms with Gasteiger partial charge in [0.25, 0.3) is 0 Å². The van der Waals surface area contributed by atoms with Crippen LogP contribution in [0.3, 0.4) is 0 Å². The highest BCUT2D eigenvalue weighted by atomic mass is 28.4. The summed E-state index contributed by atoms with van der Waals surface area (Å²) >= 11 is 0. The lowest BCUT2D eigenvalue weighted by Crippen LogP contribution is -2.75. The van der Waals surface area contributed by atoms with Crippen molar-refractivity contribution in [2.45, 2.75) is 76.7 Å². The van der Waals surface area contributed by atoms with Gasteiger partial charge in [-0.05, 0) is 23.7 Å². The molecule has 1 aliphatic heterocycles. The Labute approximate surface area is 194 Å². The summed E-state index contributed by atoms with van der Waals surface area (Å²) in [5, 5.41) is 0.0526. The Morgan fingerprint density at radius 2 is 1.91 bits per heavy atom. The first-order valence-corrected chi connectivity index (χ1v) is 14.4. The summed E-state index contributed by atoms with van der Waals surface area (Å²) in [4.78, 5) is 12.6. The summed E-state index contributed by atoms with van der Waals surface area (Å²) in [6.07, 6.45) is 1.34. The standard InChI is InChI=1S/C25H40O6Si/c1-23(2,3)32(6,7)31-21-13-22-25(17-29-22,30-18-27-5)20(14-26)24(21,4)16-28-15-19-11-9-8-10-12-19/h8-12,14,20-22H,13,15-18H2,1-7H3/t20-,21-,22+,24-,25+/m0/s1. The van der Waals surface area contributed by atoms with Crippen LogP contribution in [-0.2, 0) is 34.8 Å². The van der Waals surface area contributed by atoms with Gasteiger partial charge in [-0.1, -0.05) is 58.0 Å². The lowest BCUT2D eigenvalue weighted by atomic mass is 9.57. The first kappa shape index (κ1) is 25.5. The molecule has 0 spiro atoms. The van der Waals surface area contributed by atoms with Crippen molar-refractivity contribution in [2.75, 3.05) is 27.1 Å². The van der Waals surface area contributed by atoms with Gasteiger partial charge in [-0.2, -0.15) is 0 Å². The number of ether oxygens (including phenoxy) is 4. The van der Waals surface area contributed by atoms with Gasteiger partial charge in [-0.3, -0.25) is 0 Å². The average molecular weight is 465 g/mol. The minimum atomic E-state index is -2.10. The number of fused-ring (bicyclic) bond motifs is 1. The Hall–Kier alpha value is -1.09. The molecule has 6 nitrogen and oxygen atoms in total. The van der Waals surface area contributed by atoms with Crippen LogP contribution in [0.25, 0.3) is 0 Å². The van der Waals surface area contributed by atoms with Crippen molar-refractivity contribution < 1.29 is 28.2 Å². The van der Waals surface area contributed by atoms with Gasteiger partial charge in [0.15, 0.2) is 8.32 Å². The minimum absolute atomic E-state index is 0.0526. The zero-order chi connectivity index (χ0) is 23.6. The quantitative estimate of drug-likeness (QED) is 0.287. The van der Waals surface area contributed by atoms with E-state index in [-0.39, 0.29) is 24.0 Å². The predicted molar refractivity (Wildman–Crippen MR) is 126 cm³/mol. The molecule has 0 aromatic heterocycles. The van der Waals surface area contributed by atoms with Crippen molar-refractivity contribution in [1.29, 1.82) is 0 Å². The molecule has 2 aliphatic rings. The highest BCUT2D eigenvalue weighted by Gasteiger charge is 2.67. The van der Waals surface area contributed by atoms with E-state index in [9.17, 15) is 4.79 Å². The van der Waals surface area contributed by atoms with Gasteiger partial charge in [-0.15, -0.1) is 0 Å². The van der Waals surface area contributed by atoms with E-state index in [0.29, 0.717) is 26.2 Å². The fourth-order valence-corrected chi connectivity index (χ4v) is 6.10. The fourth-order valence-electron chi connectivity index (χ4n) is 4.67. The number of aldehydes is 1. The van der Waals surface area contributed by atoms with E-state index in [1.54, 1.807) is 7.11 Å². The highest BCUT2D eigenvalue weighted by Crippen LogP contribution is 2.55. The third kappa shape index (κ3) is 4.74. The molecule has 2 fully saturated rings. The van der Waals surface area contributed by atoms with E-state index in [2.05, 4.69) is 40.8 Å². The SMILES string of the molecule is COCO[C@@]12CO[C@@H]1C[C@H](O[Si](C)(C)C(C)(C)C)[C@@](C)(COCc1ccccc1)[C@@H]2C=O. The number of methoxy groups -OCH3 is 1. The van der Waals surface area contributed by atoms with Crippen LogP contribution in [0.5, 0.6) is 0 Å². The summed E-state index contributed by atoms with van der Waals surface area (Å²) in [5.74, 6) is -0.428. The second kappa shape index (κ2) is 9.64. The van der Waals surface area contributed by atoms with Gasteiger partial charge in [0.05, 0.1) is 37.9 Å². The maximum absolute atomic E-state index is 12.6. The summed E-state index contributed by atoms with van der Waals surface area (Å²) < 4.78 is 30.4. The van der Waals surface area contributed by atoms with Gasteiger partial charge in [0.2, 0.25) is 0 Å². The molecular weight excluding hydrogens is 424 g/mol. The molecule has 1 heterocycles. The molecule has 0 radical (unpaired) electrons. The van der Waals surface area contributed by atoms with Crippen LogP contribution in [0.4, 0.5) is 0 Å². The first-order valence-electron chi connectivity index (χ1n) is 11.5. The summed E-state index contributed by atoms with van der Waals surface area (Å²) in [5.41, 5.74) is -0.151. The summed E-state index contributed by atoms with van der Waals surface area (Å²) in [7, 11) is -0.504. The van der Waals surface area contributed by atoms with Gasteiger partial charge >= 0.3 is 0 Å². The normalized spacial score (nSPS) is 32.8. The summed E-state index contributed by atoms with van der Waals surface area (Å²) in [6.45, 7) is 14.7. The Morgan fingerprint density at radius 3 is 2.44 bits per heavy atom. The van der Waals surface area contributed by atoms with Gasteiger partial charge in [0.1, 0.15) is 18.7 Å².